The van der Waals surface area contributed by atoms with Crippen LogP contribution in [0.3, 0.4) is 0 Å². The Bertz CT molecular complexity index is 632. The van der Waals surface area contributed by atoms with Gasteiger partial charge < -0.3 is 19.9 Å². The van der Waals surface area contributed by atoms with Crippen molar-refractivity contribution in [2.24, 2.45) is 11.7 Å². The molecule has 1 aromatic rings. The van der Waals surface area contributed by atoms with Crippen LogP contribution in [0.2, 0.25) is 0 Å². The van der Waals surface area contributed by atoms with E-state index in [9.17, 15) is 9.59 Å². The number of primary amides is 1. The second-order valence-corrected chi connectivity index (χ2v) is 7.16. The highest BCUT2D eigenvalue weighted by Crippen LogP contribution is 2.40. The van der Waals surface area contributed by atoms with Crippen LogP contribution in [0.1, 0.15) is 60.7 Å². The summed E-state index contributed by atoms with van der Waals surface area (Å²) in [4.78, 5) is 25.6. The van der Waals surface area contributed by atoms with Gasteiger partial charge in [0, 0.05) is 25.1 Å². The van der Waals surface area contributed by atoms with Crippen molar-refractivity contribution in [1.82, 2.24) is 10.1 Å². The Morgan fingerprint density at radius 2 is 1.88 bits per heavy atom. The molecule has 1 aliphatic carbocycles. The third-order valence-corrected chi connectivity index (χ3v) is 5.45. The number of ether oxygens (including phenoxy) is 1. The van der Waals surface area contributed by atoms with Gasteiger partial charge in [0.2, 0.25) is 5.91 Å². The first-order chi connectivity index (χ1) is 11.6. The molecule has 1 aromatic heterocycles. The van der Waals surface area contributed by atoms with E-state index in [1.807, 2.05) is 4.90 Å². The number of carbonyl (C=O) groups is 2. The van der Waals surface area contributed by atoms with Gasteiger partial charge in [0.15, 0.2) is 5.69 Å². The molecule has 2 atom stereocenters. The minimum Gasteiger partial charge on any atom is -0.367 e. The first-order valence-electron chi connectivity index (χ1n) is 8.82. The predicted octanol–water partition coefficient (Wildman–Crippen LogP) is 1.44. The zero-order chi connectivity index (χ0) is 16.7. The van der Waals surface area contributed by atoms with E-state index in [-0.39, 0.29) is 17.9 Å². The van der Waals surface area contributed by atoms with E-state index in [0.29, 0.717) is 37.0 Å². The number of nitrogens with two attached hydrogens (primary N) is 1. The van der Waals surface area contributed by atoms with Crippen molar-refractivity contribution in [2.75, 3.05) is 13.1 Å². The molecule has 0 bridgehead atoms. The molecule has 0 aromatic carbocycles. The van der Waals surface area contributed by atoms with Crippen molar-refractivity contribution in [1.29, 1.82) is 0 Å². The molecule has 2 saturated heterocycles. The van der Waals surface area contributed by atoms with Crippen LogP contribution in [0.4, 0.5) is 0 Å². The van der Waals surface area contributed by atoms with E-state index in [4.69, 9.17) is 15.0 Å². The summed E-state index contributed by atoms with van der Waals surface area (Å²) in [6.07, 6.45) is 5.26. The van der Waals surface area contributed by atoms with E-state index < -0.39 is 6.10 Å². The van der Waals surface area contributed by atoms with Gasteiger partial charge >= 0.3 is 0 Å². The highest BCUT2D eigenvalue weighted by atomic mass is 16.5. The number of carbonyl (C=O) groups excluding carboxylic acids is 2. The lowest BCUT2D eigenvalue weighted by atomic mass is 9.89. The van der Waals surface area contributed by atoms with Gasteiger partial charge in [-0.1, -0.05) is 5.16 Å². The maximum atomic E-state index is 12.5. The summed E-state index contributed by atoms with van der Waals surface area (Å²) in [5.41, 5.74) is 5.73. The molecule has 0 spiro atoms. The highest BCUT2D eigenvalue weighted by molar-refractivity contribution is 5.92. The van der Waals surface area contributed by atoms with Crippen LogP contribution < -0.4 is 5.73 Å². The average molecular weight is 333 g/mol. The topological polar surface area (TPSA) is 98.7 Å². The van der Waals surface area contributed by atoms with E-state index >= 15 is 0 Å². The number of likely N-dealkylation sites (tertiary alicyclic amines) is 1. The molecule has 3 fully saturated rings. The maximum absolute atomic E-state index is 12.5. The minimum absolute atomic E-state index is 0.0496. The van der Waals surface area contributed by atoms with Gasteiger partial charge in [0.05, 0.1) is 6.10 Å². The Morgan fingerprint density at radius 1 is 1.12 bits per heavy atom. The quantitative estimate of drug-likeness (QED) is 0.899. The molecule has 3 heterocycles. The van der Waals surface area contributed by atoms with Crippen LogP contribution in [0, 0.1) is 5.92 Å². The smallest absolute Gasteiger partial charge is 0.276 e. The number of aromatic nitrogens is 1. The second kappa shape index (κ2) is 6.20. The number of rotatable bonds is 4. The molecule has 130 valence electrons. The van der Waals surface area contributed by atoms with Crippen molar-refractivity contribution < 1.29 is 18.8 Å². The molecule has 1 saturated carbocycles. The number of amides is 2. The van der Waals surface area contributed by atoms with Gasteiger partial charge in [0.1, 0.15) is 11.9 Å². The SMILES string of the molecule is NC(=O)[C@H]1CC[C@@H](C2CCN(C(=O)c3cc(C4CC4)on3)CC2)O1. The third-order valence-electron chi connectivity index (χ3n) is 5.45. The van der Waals surface area contributed by atoms with Crippen molar-refractivity contribution >= 4 is 11.8 Å². The molecule has 7 heteroatoms. The monoisotopic (exact) mass is 333 g/mol. The lowest BCUT2D eigenvalue weighted by Crippen LogP contribution is -2.41. The fourth-order valence-electron chi connectivity index (χ4n) is 3.81. The van der Waals surface area contributed by atoms with Gasteiger partial charge in [-0.3, -0.25) is 9.59 Å². The molecule has 0 unspecified atom stereocenters. The summed E-state index contributed by atoms with van der Waals surface area (Å²) < 4.78 is 11.0. The molecule has 0 radical (unpaired) electrons. The Balaban J connectivity index is 1.30. The standard InChI is InChI=1S/C17H23N3O4/c18-16(21)14-4-3-13(23-14)11-5-7-20(8-6-11)17(22)12-9-15(24-19-12)10-1-2-10/h9-11,13-14H,1-8H2,(H2,18,21)/t13-,14+/m0/s1. The Labute approximate surface area is 140 Å². The largest absolute Gasteiger partial charge is 0.367 e. The van der Waals surface area contributed by atoms with Crippen LogP contribution in [0.5, 0.6) is 0 Å². The summed E-state index contributed by atoms with van der Waals surface area (Å²) in [5.74, 6) is 1.26. The van der Waals surface area contributed by atoms with Gasteiger partial charge in [-0.2, -0.15) is 0 Å². The van der Waals surface area contributed by atoms with E-state index in [1.54, 1.807) is 6.07 Å². The fourth-order valence-corrected chi connectivity index (χ4v) is 3.81. The average Bonchev–Trinajstić information content (AvgIpc) is 3.13. The molecular formula is C17H23N3O4. The summed E-state index contributed by atoms with van der Waals surface area (Å²) >= 11 is 0. The van der Waals surface area contributed by atoms with Crippen molar-refractivity contribution in [2.45, 2.75) is 56.7 Å². The Kier molecular flexibility index (Phi) is 4.04. The van der Waals surface area contributed by atoms with E-state index in [2.05, 4.69) is 5.16 Å². The molecule has 2 aliphatic heterocycles. The highest BCUT2D eigenvalue weighted by Gasteiger charge is 2.37. The van der Waals surface area contributed by atoms with Gasteiger partial charge in [-0.05, 0) is 44.4 Å². The van der Waals surface area contributed by atoms with Crippen LogP contribution in [-0.2, 0) is 9.53 Å². The van der Waals surface area contributed by atoms with Crippen LogP contribution in [-0.4, -0.2) is 47.2 Å². The maximum Gasteiger partial charge on any atom is 0.276 e. The van der Waals surface area contributed by atoms with Crippen LogP contribution in [0.25, 0.3) is 0 Å². The Morgan fingerprint density at radius 3 is 2.50 bits per heavy atom. The van der Waals surface area contributed by atoms with E-state index in [1.165, 1.54) is 0 Å². The summed E-state index contributed by atoms with van der Waals surface area (Å²) in [7, 11) is 0. The molecule has 3 aliphatic rings. The molecular weight excluding hydrogens is 310 g/mol. The predicted molar refractivity (Wildman–Crippen MR) is 84.2 cm³/mol. The fraction of sp³-hybridized carbons (Fsp3) is 0.706. The number of hydrogen-bond donors (Lipinski definition) is 1. The summed E-state index contributed by atoms with van der Waals surface area (Å²) in [6, 6.07) is 1.80. The second-order valence-electron chi connectivity index (χ2n) is 7.16. The van der Waals surface area contributed by atoms with Gasteiger partial charge in [-0.25, -0.2) is 0 Å². The third kappa shape index (κ3) is 3.05. The number of hydrogen-bond acceptors (Lipinski definition) is 5. The van der Waals surface area contributed by atoms with Crippen LogP contribution in [0.15, 0.2) is 10.6 Å². The normalized spacial score (nSPS) is 28.2. The Hall–Kier alpha value is -1.89. The number of nitrogens with zero attached hydrogens (tertiary/aromatic N) is 2. The van der Waals surface area contributed by atoms with Crippen molar-refractivity contribution in [3.8, 4) is 0 Å². The van der Waals surface area contributed by atoms with Gasteiger partial charge in [0.25, 0.3) is 5.91 Å². The number of piperidine rings is 1. The summed E-state index contributed by atoms with van der Waals surface area (Å²) in [5, 5.41) is 3.94. The molecule has 2 amide bonds. The minimum atomic E-state index is -0.439. The lowest BCUT2D eigenvalue weighted by Gasteiger charge is -2.34. The molecule has 4 rings (SSSR count). The van der Waals surface area contributed by atoms with Crippen molar-refractivity contribution in [3.05, 3.63) is 17.5 Å². The zero-order valence-corrected chi connectivity index (χ0v) is 13.6. The van der Waals surface area contributed by atoms with Crippen LogP contribution >= 0.6 is 0 Å². The lowest BCUT2D eigenvalue weighted by molar-refractivity contribution is -0.130. The molecule has 2 N–H and O–H groups in total. The first-order valence-corrected chi connectivity index (χ1v) is 8.82. The zero-order valence-electron chi connectivity index (χ0n) is 13.6. The first kappa shape index (κ1) is 15.6. The molecule has 24 heavy (non-hydrogen) atoms. The van der Waals surface area contributed by atoms with Gasteiger partial charge in [-0.15, -0.1) is 0 Å². The van der Waals surface area contributed by atoms with Crippen molar-refractivity contribution in [3.63, 3.8) is 0 Å². The molecule has 7 nitrogen and oxygen atoms in total. The van der Waals surface area contributed by atoms with E-state index in [0.717, 1.165) is 37.9 Å². The summed E-state index contributed by atoms with van der Waals surface area (Å²) in [6.45, 7) is 1.38.